The molecule has 3 N–H and O–H groups in total. The van der Waals surface area contributed by atoms with Crippen molar-refractivity contribution in [1.82, 2.24) is 5.43 Å². The summed E-state index contributed by atoms with van der Waals surface area (Å²) in [5.74, 6) is 5.65. The number of halogens is 1. The average Bonchev–Trinajstić information content (AvgIpc) is 2.31. The van der Waals surface area contributed by atoms with Crippen LogP contribution in [0.4, 0.5) is 4.39 Å². The van der Waals surface area contributed by atoms with Gasteiger partial charge in [0.05, 0.1) is 12.6 Å². The Bertz CT molecular complexity index is 340. The Labute approximate surface area is 94.8 Å². The number of rotatable bonds is 3. The zero-order chi connectivity index (χ0) is 11.4. The number of ether oxygens (including phenoxy) is 1. The van der Waals surface area contributed by atoms with Gasteiger partial charge in [-0.25, -0.2) is 4.39 Å². The molecule has 0 bridgehead atoms. The maximum atomic E-state index is 13.1. The van der Waals surface area contributed by atoms with Gasteiger partial charge in [-0.2, -0.15) is 0 Å². The highest BCUT2D eigenvalue weighted by molar-refractivity contribution is 5.20. The number of hydrogen-bond donors (Lipinski definition) is 2. The molecule has 0 saturated carbocycles. The Kier molecular flexibility index (Phi) is 3.88. The highest BCUT2D eigenvalue weighted by Gasteiger charge is 2.24. The SMILES string of the molecule is NNC(c1cccc(F)c1)C1CCCOC1. The van der Waals surface area contributed by atoms with E-state index in [2.05, 4.69) is 5.43 Å². The predicted octanol–water partition coefficient (Wildman–Crippen LogP) is 1.76. The first-order chi connectivity index (χ1) is 7.81. The first-order valence-electron chi connectivity index (χ1n) is 5.60. The second-order valence-corrected chi connectivity index (χ2v) is 4.18. The third-order valence-electron chi connectivity index (χ3n) is 3.05. The van der Waals surface area contributed by atoms with Gasteiger partial charge in [0.25, 0.3) is 0 Å². The van der Waals surface area contributed by atoms with E-state index in [9.17, 15) is 4.39 Å². The zero-order valence-corrected chi connectivity index (χ0v) is 9.16. The van der Waals surface area contributed by atoms with E-state index in [-0.39, 0.29) is 11.9 Å². The van der Waals surface area contributed by atoms with Crippen molar-refractivity contribution >= 4 is 0 Å². The van der Waals surface area contributed by atoms with Crippen molar-refractivity contribution < 1.29 is 9.13 Å². The van der Waals surface area contributed by atoms with Gasteiger partial charge in [0.1, 0.15) is 5.82 Å². The summed E-state index contributed by atoms with van der Waals surface area (Å²) in [7, 11) is 0. The summed E-state index contributed by atoms with van der Waals surface area (Å²) >= 11 is 0. The molecule has 2 unspecified atom stereocenters. The summed E-state index contributed by atoms with van der Waals surface area (Å²) < 4.78 is 18.6. The quantitative estimate of drug-likeness (QED) is 0.607. The van der Waals surface area contributed by atoms with Gasteiger partial charge in [-0.1, -0.05) is 12.1 Å². The molecule has 1 heterocycles. The van der Waals surface area contributed by atoms with Crippen LogP contribution in [-0.4, -0.2) is 13.2 Å². The average molecular weight is 224 g/mol. The summed E-state index contributed by atoms with van der Waals surface area (Å²) in [6.07, 6.45) is 2.10. The summed E-state index contributed by atoms with van der Waals surface area (Å²) in [5.41, 5.74) is 3.66. The minimum absolute atomic E-state index is 0.0315. The van der Waals surface area contributed by atoms with E-state index in [0.717, 1.165) is 25.0 Å². The Morgan fingerprint density at radius 1 is 1.50 bits per heavy atom. The maximum absolute atomic E-state index is 13.1. The molecule has 1 aliphatic heterocycles. The molecule has 1 aromatic carbocycles. The molecule has 0 radical (unpaired) electrons. The Morgan fingerprint density at radius 3 is 3.00 bits per heavy atom. The zero-order valence-electron chi connectivity index (χ0n) is 9.16. The van der Waals surface area contributed by atoms with E-state index in [1.807, 2.05) is 6.07 Å². The molecule has 2 rings (SSSR count). The van der Waals surface area contributed by atoms with E-state index >= 15 is 0 Å². The Balaban J connectivity index is 2.14. The largest absolute Gasteiger partial charge is 0.381 e. The van der Waals surface area contributed by atoms with E-state index in [1.54, 1.807) is 6.07 Å². The van der Waals surface area contributed by atoms with Gasteiger partial charge in [-0.05, 0) is 30.5 Å². The molecular formula is C12H17FN2O. The molecule has 3 nitrogen and oxygen atoms in total. The van der Waals surface area contributed by atoms with Crippen molar-refractivity contribution in [2.45, 2.75) is 18.9 Å². The number of nitrogens with one attached hydrogen (secondary N) is 1. The molecule has 16 heavy (non-hydrogen) atoms. The van der Waals surface area contributed by atoms with Gasteiger partial charge in [0.15, 0.2) is 0 Å². The molecule has 1 aliphatic rings. The molecule has 0 amide bonds. The minimum atomic E-state index is -0.227. The molecule has 0 aliphatic carbocycles. The van der Waals surface area contributed by atoms with Gasteiger partial charge in [-0.3, -0.25) is 11.3 Å². The molecular weight excluding hydrogens is 207 g/mol. The summed E-state index contributed by atoms with van der Waals surface area (Å²) in [6.45, 7) is 1.50. The second-order valence-electron chi connectivity index (χ2n) is 4.18. The van der Waals surface area contributed by atoms with Crippen LogP contribution in [0.15, 0.2) is 24.3 Å². The van der Waals surface area contributed by atoms with Crippen molar-refractivity contribution in [2.24, 2.45) is 11.8 Å². The first-order valence-corrected chi connectivity index (χ1v) is 5.60. The topological polar surface area (TPSA) is 47.3 Å². The number of hydrazine groups is 1. The van der Waals surface area contributed by atoms with Crippen molar-refractivity contribution in [3.63, 3.8) is 0 Å². The molecule has 1 fully saturated rings. The van der Waals surface area contributed by atoms with Gasteiger partial charge in [0.2, 0.25) is 0 Å². The normalized spacial score (nSPS) is 23.0. The lowest BCUT2D eigenvalue weighted by Crippen LogP contribution is -2.37. The number of benzene rings is 1. The van der Waals surface area contributed by atoms with Gasteiger partial charge >= 0.3 is 0 Å². The van der Waals surface area contributed by atoms with Gasteiger partial charge in [-0.15, -0.1) is 0 Å². The van der Waals surface area contributed by atoms with Crippen molar-refractivity contribution in [2.75, 3.05) is 13.2 Å². The Hall–Kier alpha value is -0.970. The molecule has 1 aromatic rings. The van der Waals surface area contributed by atoms with Crippen molar-refractivity contribution in [3.05, 3.63) is 35.6 Å². The summed E-state index contributed by atoms with van der Waals surface area (Å²) in [4.78, 5) is 0. The fraction of sp³-hybridized carbons (Fsp3) is 0.500. The summed E-state index contributed by atoms with van der Waals surface area (Å²) in [6, 6.07) is 6.53. The molecule has 88 valence electrons. The van der Waals surface area contributed by atoms with Crippen LogP contribution < -0.4 is 11.3 Å². The van der Waals surface area contributed by atoms with Crippen LogP contribution in [0.5, 0.6) is 0 Å². The third-order valence-corrected chi connectivity index (χ3v) is 3.05. The fourth-order valence-electron chi connectivity index (χ4n) is 2.23. The lowest BCUT2D eigenvalue weighted by molar-refractivity contribution is 0.0390. The Morgan fingerprint density at radius 2 is 2.38 bits per heavy atom. The summed E-state index contributed by atoms with van der Waals surface area (Å²) in [5, 5.41) is 0. The lowest BCUT2D eigenvalue weighted by atomic mass is 9.89. The second kappa shape index (κ2) is 5.39. The number of hydrogen-bond acceptors (Lipinski definition) is 3. The fourth-order valence-corrected chi connectivity index (χ4v) is 2.23. The maximum Gasteiger partial charge on any atom is 0.123 e. The van der Waals surface area contributed by atoms with Crippen LogP contribution >= 0.6 is 0 Å². The van der Waals surface area contributed by atoms with Crippen LogP contribution in [0.3, 0.4) is 0 Å². The highest BCUT2D eigenvalue weighted by atomic mass is 19.1. The monoisotopic (exact) mass is 224 g/mol. The van der Waals surface area contributed by atoms with E-state index < -0.39 is 0 Å². The van der Waals surface area contributed by atoms with Gasteiger partial charge in [0, 0.05) is 12.5 Å². The van der Waals surface area contributed by atoms with Crippen molar-refractivity contribution in [1.29, 1.82) is 0 Å². The van der Waals surface area contributed by atoms with Crippen LogP contribution in [-0.2, 0) is 4.74 Å². The standard InChI is InChI=1S/C12H17FN2O/c13-11-5-1-3-9(7-11)12(15-14)10-4-2-6-16-8-10/h1,3,5,7,10,12,15H,2,4,6,8,14H2. The van der Waals surface area contributed by atoms with E-state index in [4.69, 9.17) is 10.6 Å². The van der Waals surface area contributed by atoms with Crippen LogP contribution in [0, 0.1) is 11.7 Å². The lowest BCUT2D eigenvalue weighted by Gasteiger charge is -2.30. The molecule has 4 heteroatoms. The van der Waals surface area contributed by atoms with Crippen LogP contribution in [0.2, 0.25) is 0 Å². The van der Waals surface area contributed by atoms with Crippen LogP contribution in [0.1, 0.15) is 24.4 Å². The highest BCUT2D eigenvalue weighted by Crippen LogP contribution is 2.28. The van der Waals surface area contributed by atoms with E-state index in [0.29, 0.717) is 12.5 Å². The van der Waals surface area contributed by atoms with Crippen molar-refractivity contribution in [3.8, 4) is 0 Å². The predicted molar refractivity (Wildman–Crippen MR) is 60.0 cm³/mol. The molecule has 2 atom stereocenters. The molecule has 1 saturated heterocycles. The van der Waals surface area contributed by atoms with E-state index in [1.165, 1.54) is 12.1 Å². The van der Waals surface area contributed by atoms with Gasteiger partial charge < -0.3 is 4.74 Å². The molecule has 0 spiro atoms. The third kappa shape index (κ3) is 2.58. The smallest absolute Gasteiger partial charge is 0.123 e. The van der Waals surface area contributed by atoms with Crippen LogP contribution in [0.25, 0.3) is 0 Å². The molecule has 0 aromatic heterocycles. The number of nitrogens with two attached hydrogens (primary N) is 1. The minimum Gasteiger partial charge on any atom is -0.381 e. The first kappa shape index (κ1) is 11.5.